The highest BCUT2D eigenvalue weighted by Gasteiger charge is 2.43. The molecular weight excluding hydrogens is 194 g/mol. The van der Waals surface area contributed by atoms with E-state index in [2.05, 4.69) is 25.7 Å². The Morgan fingerprint density at radius 2 is 2.14 bits per heavy atom. The van der Waals surface area contributed by atoms with Gasteiger partial charge in [-0.25, -0.2) is 0 Å². The number of ether oxygens (including phenoxy) is 1. The van der Waals surface area contributed by atoms with Crippen LogP contribution < -0.4 is 0 Å². The van der Waals surface area contributed by atoms with E-state index in [4.69, 9.17) is 9.16 Å². The molecule has 0 aromatic carbocycles. The van der Waals surface area contributed by atoms with Crippen molar-refractivity contribution in [3.63, 3.8) is 0 Å². The Bertz CT molecular complexity index is 243. The summed E-state index contributed by atoms with van der Waals surface area (Å²) in [4.78, 5) is 0. The van der Waals surface area contributed by atoms with Crippen LogP contribution in [0.1, 0.15) is 13.3 Å². The van der Waals surface area contributed by atoms with E-state index in [1.54, 1.807) is 0 Å². The van der Waals surface area contributed by atoms with Crippen molar-refractivity contribution in [2.24, 2.45) is 5.92 Å². The molecule has 2 unspecified atom stereocenters. The lowest BCUT2D eigenvalue weighted by Crippen LogP contribution is -2.50. The SMILES string of the molecule is CC1COCCC1(C#N)O[Si](C)(C)C. The van der Waals surface area contributed by atoms with Gasteiger partial charge in [0.15, 0.2) is 13.9 Å². The number of hydrogen-bond acceptors (Lipinski definition) is 3. The van der Waals surface area contributed by atoms with Crippen LogP contribution in [0.5, 0.6) is 0 Å². The van der Waals surface area contributed by atoms with Gasteiger partial charge < -0.3 is 9.16 Å². The van der Waals surface area contributed by atoms with Crippen molar-refractivity contribution in [3.8, 4) is 6.07 Å². The van der Waals surface area contributed by atoms with E-state index in [9.17, 15) is 5.26 Å². The first-order chi connectivity index (χ1) is 6.40. The predicted octanol–water partition coefficient (Wildman–Crippen LogP) is 2.16. The van der Waals surface area contributed by atoms with Gasteiger partial charge in [-0.2, -0.15) is 5.26 Å². The maximum absolute atomic E-state index is 9.27. The van der Waals surface area contributed by atoms with E-state index in [0.29, 0.717) is 19.6 Å². The molecule has 1 fully saturated rings. The summed E-state index contributed by atoms with van der Waals surface area (Å²) in [5, 5.41) is 9.27. The molecule has 1 heterocycles. The zero-order valence-corrected chi connectivity index (χ0v) is 10.5. The number of nitriles is 1. The van der Waals surface area contributed by atoms with Gasteiger partial charge in [0, 0.05) is 12.3 Å². The summed E-state index contributed by atoms with van der Waals surface area (Å²) in [6, 6.07) is 2.36. The van der Waals surface area contributed by atoms with Gasteiger partial charge in [0.05, 0.1) is 19.3 Å². The van der Waals surface area contributed by atoms with Crippen LogP contribution in [0.15, 0.2) is 0 Å². The van der Waals surface area contributed by atoms with E-state index >= 15 is 0 Å². The predicted molar refractivity (Wildman–Crippen MR) is 57.4 cm³/mol. The van der Waals surface area contributed by atoms with Crippen LogP contribution in [0.25, 0.3) is 0 Å². The van der Waals surface area contributed by atoms with Gasteiger partial charge in [-0.3, -0.25) is 0 Å². The largest absolute Gasteiger partial charge is 0.399 e. The molecule has 1 aliphatic rings. The third-order valence-electron chi connectivity index (χ3n) is 2.46. The maximum atomic E-state index is 9.27. The Kier molecular flexibility index (Phi) is 3.35. The van der Waals surface area contributed by atoms with E-state index in [-0.39, 0.29) is 5.92 Å². The van der Waals surface area contributed by atoms with E-state index in [0.717, 1.165) is 0 Å². The van der Waals surface area contributed by atoms with Crippen molar-refractivity contribution >= 4 is 8.32 Å². The number of rotatable bonds is 2. The summed E-state index contributed by atoms with van der Waals surface area (Å²) in [6.45, 7) is 9.67. The molecule has 0 bridgehead atoms. The second-order valence-corrected chi connectivity index (χ2v) is 9.37. The molecule has 0 aromatic heterocycles. The topological polar surface area (TPSA) is 42.2 Å². The van der Waals surface area contributed by atoms with Gasteiger partial charge in [-0.05, 0) is 19.6 Å². The van der Waals surface area contributed by atoms with Crippen LogP contribution in [0.2, 0.25) is 19.6 Å². The standard InChI is InChI=1S/C10H19NO2Si/c1-9-7-12-6-5-10(9,8-11)13-14(2,3)4/h9H,5-7H2,1-4H3. The van der Waals surface area contributed by atoms with Gasteiger partial charge in [0.25, 0.3) is 0 Å². The van der Waals surface area contributed by atoms with Crippen LogP contribution in [-0.4, -0.2) is 27.1 Å². The fourth-order valence-electron chi connectivity index (χ4n) is 1.75. The molecule has 4 heteroatoms. The number of nitrogens with zero attached hydrogens (tertiary/aromatic N) is 1. The highest BCUT2D eigenvalue weighted by molar-refractivity contribution is 6.69. The minimum atomic E-state index is -1.66. The minimum Gasteiger partial charge on any atom is -0.399 e. The van der Waals surface area contributed by atoms with E-state index in [1.165, 1.54) is 0 Å². The third kappa shape index (κ3) is 2.56. The molecule has 1 rings (SSSR count). The van der Waals surface area contributed by atoms with Crippen LogP contribution in [0, 0.1) is 17.2 Å². The smallest absolute Gasteiger partial charge is 0.185 e. The molecule has 0 amide bonds. The molecule has 1 aliphatic heterocycles. The first-order valence-corrected chi connectivity index (χ1v) is 8.50. The Balaban J connectivity index is 2.80. The summed E-state index contributed by atoms with van der Waals surface area (Å²) < 4.78 is 11.4. The molecule has 0 spiro atoms. The van der Waals surface area contributed by atoms with Gasteiger partial charge in [0.1, 0.15) is 0 Å². The third-order valence-corrected chi connectivity index (χ3v) is 3.44. The number of hydrogen-bond donors (Lipinski definition) is 0. The normalized spacial score (nSPS) is 33.8. The van der Waals surface area contributed by atoms with Gasteiger partial charge >= 0.3 is 0 Å². The second kappa shape index (κ2) is 4.01. The molecule has 80 valence electrons. The monoisotopic (exact) mass is 213 g/mol. The van der Waals surface area contributed by atoms with Gasteiger partial charge in [-0.1, -0.05) is 6.92 Å². The Labute approximate surface area is 87.1 Å². The summed E-state index contributed by atoms with van der Waals surface area (Å²) in [5.74, 6) is 0.174. The Hall–Kier alpha value is -0.373. The van der Waals surface area contributed by atoms with Crippen molar-refractivity contribution in [3.05, 3.63) is 0 Å². The van der Waals surface area contributed by atoms with Gasteiger partial charge in [0.2, 0.25) is 0 Å². The summed E-state index contributed by atoms with van der Waals surface area (Å²) in [6.07, 6.45) is 0.703. The summed E-state index contributed by atoms with van der Waals surface area (Å²) in [7, 11) is -1.66. The van der Waals surface area contributed by atoms with Crippen LogP contribution in [0.4, 0.5) is 0 Å². The molecule has 3 nitrogen and oxygen atoms in total. The summed E-state index contributed by atoms with van der Waals surface area (Å²) >= 11 is 0. The van der Waals surface area contributed by atoms with Crippen LogP contribution >= 0.6 is 0 Å². The quantitative estimate of drug-likeness (QED) is 0.660. The lowest BCUT2D eigenvalue weighted by Gasteiger charge is -2.40. The average Bonchev–Trinajstić information content (AvgIpc) is 2.07. The molecule has 0 aromatic rings. The first kappa shape index (κ1) is 11.7. The molecule has 1 saturated heterocycles. The lowest BCUT2D eigenvalue weighted by atomic mass is 9.86. The van der Waals surface area contributed by atoms with Gasteiger partial charge in [-0.15, -0.1) is 0 Å². The zero-order chi connectivity index (χ0) is 10.8. The highest BCUT2D eigenvalue weighted by Crippen LogP contribution is 2.32. The Morgan fingerprint density at radius 1 is 1.50 bits per heavy atom. The van der Waals surface area contributed by atoms with Crippen molar-refractivity contribution in [2.75, 3.05) is 13.2 Å². The maximum Gasteiger partial charge on any atom is 0.185 e. The van der Waals surface area contributed by atoms with Crippen LogP contribution in [0.3, 0.4) is 0 Å². The Morgan fingerprint density at radius 3 is 2.57 bits per heavy atom. The fraction of sp³-hybridized carbons (Fsp3) is 0.900. The zero-order valence-electron chi connectivity index (χ0n) is 9.46. The molecular formula is C10H19NO2Si. The lowest BCUT2D eigenvalue weighted by molar-refractivity contribution is -0.0600. The fourth-order valence-corrected chi connectivity index (χ4v) is 3.19. The molecule has 0 saturated carbocycles. The average molecular weight is 213 g/mol. The molecule has 0 radical (unpaired) electrons. The molecule has 2 atom stereocenters. The molecule has 14 heavy (non-hydrogen) atoms. The molecule has 0 aliphatic carbocycles. The minimum absolute atomic E-state index is 0.174. The van der Waals surface area contributed by atoms with Crippen LogP contribution in [-0.2, 0) is 9.16 Å². The summed E-state index contributed by atoms with van der Waals surface area (Å²) in [5.41, 5.74) is -0.595. The highest BCUT2D eigenvalue weighted by atomic mass is 28.4. The first-order valence-electron chi connectivity index (χ1n) is 5.09. The molecule has 0 N–H and O–H groups in total. The van der Waals surface area contributed by atoms with E-state index in [1.807, 2.05) is 6.92 Å². The van der Waals surface area contributed by atoms with Crippen molar-refractivity contribution in [1.29, 1.82) is 5.26 Å². The second-order valence-electron chi connectivity index (χ2n) is 4.94. The van der Waals surface area contributed by atoms with Crippen molar-refractivity contribution < 1.29 is 9.16 Å². The van der Waals surface area contributed by atoms with E-state index < -0.39 is 13.9 Å². The van der Waals surface area contributed by atoms with Crippen molar-refractivity contribution in [1.82, 2.24) is 0 Å². The van der Waals surface area contributed by atoms with Crippen molar-refractivity contribution in [2.45, 2.75) is 38.6 Å².